The van der Waals surface area contributed by atoms with Crippen molar-refractivity contribution in [2.24, 2.45) is 0 Å². The van der Waals surface area contributed by atoms with Crippen LogP contribution in [0.5, 0.6) is 0 Å². The summed E-state index contributed by atoms with van der Waals surface area (Å²) < 4.78 is 27.5. The van der Waals surface area contributed by atoms with Crippen LogP contribution in [0.25, 0.3) is 0 Å². The molecule has 3 aromatic carbocycles. The van der Waals surface area contributed by atoms with E-state index in [2.05, 4.69) is 11.8 Å². The van der Waals surface area contributed by atoms with Crippen LogP contribution in [0.2, 0.25) is 0 Å². The maximum absolute atomic E-state index is 13.1. The zero-order valence-electron chi connectivity index (χ0n) is 19.1. The van der Waals surface area contributed by atoms with Crippen molar-refractivity contribution in [3.8, 4) is 11.8 Å². The molecule has 2 aliphatic rings. The molecule has 2 heterocycles. The summed E-state index contributed by atoms with van der Waals surface area (Å²) in [6.07, 6.45) is 0. The molecule has 2 aliphatic heterocycles. The van der Waals surface area contributed by atoms with E-state index in [1.165, 1.54) is 4.31 Å². The summed E-state index contributed by atoms with van der Waals surface area (Å²) in [5.74, 6) is 5.73. The molecule has 0 spiro atoms. The average molecular weight is 487 g/mol. The summed E-state index contributed by atoms with van der Waals surface area (Å²) >= 11 is 0. The Bertz CT molecular complexity index is 1360. The predicted octanol–water partition coefficient (Wildman–Crippen LogP) is 2.59. The fraction of sp³-hybridized carbons (Fsp3) is 0.250. The molecule has 0 aliphatic carbocycles. The fourth-order valence-corrected chi connectivity index (χ4v) is 6.50. The zero-order valence-corrected chi connectivity index (χ0v) is 19.9. The fourth-order valence-electron chi connectivity index (χ4n) is 5.01. The number of benzene rings is 3. The minimum absolute atomic E-state index is 0.142. The quantitative estimate of drug-likeness (QED) is 0.563. The summed E-state index contributed by atoms with van der Waals surface area (Å²) in [4.78, 5) is 14.5. The van der Waals surface area contributed by atoms with E-state index in [1.807, 2.05) is 60.7 Å². The lowest BCUT2D eigenvalue weighted by molar-refractivity contribution is -0.158. The lowest BCUT2D eigenvalue weighted by atomic mass is 9.74. The van der Waals surface area contributed by atoms with Gasteiger partial charge in [0.1, 0.15) is 0 Å². The van der Waals surface area contributed by atoms with Gasteiger partial charge < -0.3 is 10.0 Å². The van der Waals surface area contributed by atoms with Crippen LogP contribution in [-0.2, 0) is 20.6 Å². The number of sulfonamides is 1. The second kappa shape index (κ2) is 9.67. The third kappa shape index (κ3) is 4.73. The van der Waals surface area contributed by atoms with E-state index >= 15 is 0 Å². The van der Waals surface area contributed by atoms with E-state index in [0.717, 1.165) is 16.7 Å². The highest BCUT2D eigenvalue weighted by Gasteiger charge is 2.55. The Labute approximate surface area is 205 Å². The van der Waals surface area contributed by atoms with Crippen LogP contribution in [0.15, 0.2) is 84.9 Å². The molecule has 178 valence electrons. The number of carbonyl (C=O) groups excluding carboxylic acids is 1. The Morgan fingerprint density at radius 3 is 2.09 bits per heavy atom. The molecule has 0 bridgehead atoms. The van der Waals surface area contributed by atoms with Crippen LogP contribution in [0.1, 0.15) is 28.2 Å². The molecule has 0 aromatic heterocycles. The molecule has 2 saturated heterocycles. The molecule has 3 aromatic rings. The summed E-state index contributed by atoms with van der Waals surface area (Å²) in [6.45, 7) is -0.139. The van der Waals surface area contributed by atoms with Gasteiger partial charge in [0.25, 0.3) is 0 Å². The number of rotatable bonds is 5. The minimum Gasteiger partial charge on any atom is -0.394 e. The van der Waals surface area contributed by atoms with Crippen molar-refractivity contribution >= 4 is 15.9 Å². The van der Waals surface area contributed by atoms with Gasteiger partial charge in [-0.05, 0) is 35.4 Å². The number of hydrogen-bond acceptors (Lipinski definition) is 4. The number of aliphatic hydroxyl groups excluding tert-OH is 1. The number of fused-ring (bicyclic) bond motifs is 1. The Hall–Kier alpha value is -3.44. The predicted molar refractivity (Wildman–Crippen MR) is 134 cm³/mol. The van der Waals surface area contributed by atoms with Crippen molar-refractivity contribution in [1.29, 1.82) is 0 Å². The van der Waals surface area contributed by atoms with Gasteiger partial charge in [-0.3, -0.25) is 4.79 Å². The molecule has 5 rings (SSSR count). The standard InChI is InChI=1S/C28H26N2O4S/c31-19-26-28(24-15-13-22(14-16-24)12-11-21-7-3-1-4-8-21)25-17-29(18-27(32)30(25)26)35(33,34)20-23-9-5-2-6-10-23/h1-10,13-16,25-26,28,31H,17-20H2/t25-,26+,28+/m0/s1. The van der Waals surface area contributed by atoms with Gasteiger partial charge in [-0.15, -0.1) is 0 Å². The largest absolute Gasteiger partial charge is 0.394 e. The lowest BCUT2D eigenvalue weighted by Crippen LogP contribution is -2.73. The first kappa shape index (κ1) is 23.3. The first-order valence-electron chi connectivity index (χ1n) is 11.6. The van der Waals surface area contributed by atoms with Crippen molar-refractivity contribution in [2.75, 3.05) is 19.7 Å². The summed E-state index contributed by atoms with van der Waals surface area (Å²) in [5.41, 5.74) is 3.45. The van der Waals surface area contributed by atoms with Crippen molar-refractivity contribution in [3.05, 3.63) is 107 Å². The number of hydrogen-bond donors (Lipinski definition) is 1. The molecule has 0 unspecified atom stereocenters. The summed E-state index contributed by atoms with van der Waals surface area (Å²) in [6, 6.07) is 25.8. The number of piperazine rings is 1. The zero-order chi connectivity index (χ0) is 24.4. The Morgan fingerprint density at radius 1 is 0.857 bits per heavy atom. The molecule has 0 saturated carbocycles. The van der Waals surface area contributed by atoms with E-state index in [4.69, 9.17) is 0 Å². The first-order valence-corrected chi connectivity index (χ1v) is 13.2. The van der Waals surface area contributed by atoms with Gasteiger partial charge in [0.2, 0.25) is 15.9 Å². The van der Waals surface area contributed by atoms with Gasteiger partial charge in [-0.1, -0.05) is 72.5 Å². The SMILES string of the molecule is O=C1CN(S(=O)(=O)Cc2ccccc2)C[C@H]2[C@@H](c3ccc(C#Cc4ccccc4)cc3)[C@@H](CO)N12. The monoisotopic (exact) mass is 486 g/mol. The third-order valence-electron chi connectivity index (χ3n) is 6.73. The summed E-state index contributed by atoms with van der Waals surface area (Å²) in [7, 11) is -3.66. The molecular formula is C28H26N2O4S. The molecule has 6 nitrogen and oxygen atoms in total. The second-order valence-electron chi connectivity index (χ2n) is 8.92. The lowest BCUT2D eigenvalue weighted by Gasteiger charge is -2.58. The summed E-state index contributed by atoms with van der Waals surface area (Å²) in [5, 5.41) is 10.0. The molecule has 2 fully saturated rings. The maximum Gasteiger partial charge on any atom is 0.238 e. The van der Waals surface area contributed by atoms with Crippen molar-refractivity contribution < 1.29 is 18.3 Å². The van der Waals surface area contributed by atoms with Crippen LogP contribution < -0.4 is 0 Å². The number of carbonyl (C=O) groups is 1. The van der Waals surface area contributed by atoms with Crippen molar-refractivity contribution in [3.63, 3.8) is 0 Å². The van der Waals surface area contributed by atoms with Crippen molar-refractivity contribution in [1.82, 2.24) is 9.21 Å². The van der Waals surface area contributed by atoms with E-state index in [1.54, 1.807) is 29.2 Å². The topological polar surface area (TPSA) is 77.9 Å². The Balaban J connectivity index is 1.34. The molecule has 3 atom stereocenters. The molecule has 1 amide bonds. The van der Waals surface area contributed by atoms with Crippen LogP contribution >= 0.6 is 0 Å². The van der Waals surface area contributed by atoms with Gasteiger partial charge in [0, 0.05) is 23.6 Å². The Kier molecular flexibility index (Phi) is 6.44. The highest BCUT2D eigenvalue weighted by molar-refractivity contribution is 7.88. The van der Waals surface area contributed by atoms with Crippen LogP contribution in [0.4, 0.5) is 0 Å². The van der Waals surface area contributed by atoms with Gasteiger partial charge in [-0.25, -0.2) is 8.42 Å². The highest BCUT2D eigenvalue weighted by atomic mass is 32.2. The molecule has 7 heteroatoms. The maximum atomic E-state index is 13.1. The Morgan fingerprint density at radius 2 is 1.46 bits per heavy atom. The highest BCUT2D eigenvalue weighted by Crippen LogP contribution is 2.43. The molecule has 1 N–H and O–H groups in total. The first-order chi connectivity index (χ1) is 17.0. The van der Waals surface area contributed by atoms with E-state index in [9.17, 15) is 18.3 Å². The van der Waals surface area contributed by atoms with Crippen LogP contribution in [0, 0.1) is 11.8 Å². The van der Waals surface area contributed by atoms with Gasteiger partial charge in [-0.2, -0.15) is 4.31 Å². The van der Waals surface area contributed by atoms with E-state index in [0.29, 0.717) is 5.56 Å². The van der Waals surface area contributed by atoms with Gasteiger partial charge in [0.15, 0.2) is 0 Å². The third-order valence-corrected chi connectivity index (χ3v) is 8.49. The van der Waals surface area contributed by atoms with Crippen LogP contribution in [0.3, 0.4) is 0 Å². The minimum atomic E-state index is -3.66. The number of nitrogens with zero attached hydrogens (tertiary/aromatic N) is 2. The number of amides is 1. The normalized spacial score (nSPS) is 22.0. The second-order valence-corrected chi connectivity index (χ2v) is 10.9. The smallest absolute Gasteiger partial charge is 0.238 e. The number of aliphatic hydroxyl groups is 1. The van der Waals surface area contributed by atoms with Gasteiger partial charge >= 0.3 is 0 Å². The van der Waals surface area contributed by atoms with Gasteiger partial charge in [0.05, 0.1) is 31.0 Å². The molecular weight excluding hydrogens is 460 g/mol. The molecule has 35 heavy (non-hydrogen) atoms. The molecule has 0 radical (unpaired) electrons. The average Bonchev–Trinajstić information content (AvgIpc) is 2.85. The van der Waals surface area contributed by atoms with E-state index < -0.39 is 10.0 Å². The van der Waals surface area contributed by atoms with Crippen LogP contribution in [-0.4, -0.2) is 60.4 Å². The van der Waals surface area contributed by atoms with E-state index in [-0.39, 0.29) is 49.4 Å². The van der Waals surface area contributed by atoms with Crippen molar-refractivity contribution in [2.45, 2.75) is 23.8 Å².